The molecule has 1 aromatic carbocycles. The summed E-state index contributed by atoms with van der Waals surface area (Å²) < 4.78 is 1.55. The maximum absolute atomic E-state index is 12.8. The first kappa shape index (κ1) is 18.6. The third-order valence-corrected chi connectivity index (χ3v) is 7.68. The average molecular weight is 425 g/mol. The highest BCUT2D eigenvalue weighted by Crippen LogP contribution is 2.35. The normalized spacial score (nSPS) is 16.4. The zero-order valence-electron chi connectivity index (χ0n) is 16.2. The summed E-state index contributed by atoms with van der Waals surface area (Å²) in [7, 11) is 1.72. The molecule has 29 heavy (non-hydrogen) atoms. The summed E-state index contributed by atoms with van der Waals surface area (Å²) in [5.74, 6) is 1.72. The van der Waals surface area contributed by atoms with E-state index in [2.05, 4.69) is 16.9 Å². The molecule has 3 aromatic heterocycles. The Hall–Kier alpha value is -2.45. The third-order valence-electron chi connectivity index (χ3n) is 5.49. The SMILES string of the molecule is CC1CCc2c(sc3nc(CSc4nc5ccccc5c(=O)n4C)[nH]c(=O)c23)C1. The summed E-state index contributed by atoms with van der Waals surface area (Å²) >= 11 is 3.06. The van der Waals surface area contributed by atoms with Gasteiger partial charge in [-0.1, -0.05) is 30.8 Å². The smallest absolute Gasteiger partial charge is 0.261 e. The molecule has 5 rings (SSSR count). The first-order valence-electron chi connectivity index (χ1n) is 9.63. The van der Waals surface area contributed by atoms with Crippen molar-refractivity contribution in [3.8, 4) is 0 Å². The second-order valence-corrected chi connectivity index (χ2v) is 9.64. The Bertz CT molecular complexity index is 1370. The fourth-order valence-electron chi connectivity index (χ4n) is 3.92. The quantitative estimate of drug-likeness (QED) is 0.401. The van der Waals surface area contributed by atoms with Crippen LogP contribution >= 0.6 is 23.1 Å². The van der Waals surface area contributed by atoms with Crippen LogP contribution in [0.1, 0.15) is 29.6 Å². The molecule has 0 saturated heterocycles. The predicted molar refractivity (Wildman–Crippen MR) is 118 cm³/mol. The van der Waals surface area contributed by atoms with Crippen molar-refractivity contribution in [2.24, 2.45) is 13.0 Å². The first-order chi connectivity index (χ1) is 14.0. The first-order valence-corrected chi connectivity index (χ1v) is 11.4. The fraction of sp³-hybridized carbons (Fsp3) is 0.333. The molecule has 6 nitrogen and oxygen atoms in total. The molecule has 0 amide bonds. The van der Waals surface area contributed by atoms with Gasteiger partial charge in [-0.05, 0) is 42.9 Å². The van der Waals surface area contributed by atoms with Crippen molar-refractivity contribution in [3.05, 3.63) is 61.2 Å². The van der Waals surface area contributed by atoms with Crippen LogP contribution in [0, 0.1) is 5.92 Å². The Kier molecular flexibility index (Phi) is 4.55. The lowest BCUT2D eigenvalue weighted by Crippen LogP contribution is -2.20. The summed E-state index contributed by atoms with van der Waals surface area (Å²) in [6.45, 7) is 2.26. The van der Waals surface area contributed by atoms with Crippen molar-refractivity contribution in [2.45, 2.75) is 37.1 Å². The summed E-state index contributed by atoms with van der Waals surface area (Å²) in [4.78, 5) is 39.7. The number of aryl methyl sites for hydroxylation is 1. The number of thiophene rings is 1. The van der Waals surface area contributed by atoms with Crippen LogP contribution < -0.4 is 11.1 Å². The number of aromatic nitrogens is 4. The third kappa shape index (κ3) is 3.20. The molecule has 148 valence electrons. The summed E-state index contributed by atoms with van der Waals surface area (Å²) in [6, 6.07) is 7.33. The monoisotopic (exact) mass is 424 g/mol. The highest BCUT2D eigenvalue weighted by molar-refractivity contribution is 7.98. The van der Waals surface area contributed by atoms with Gasteiger partial charge in [-0.3, -0.25) is 14.2 Å². The topological polar surface area (TPSA) is 80.6 Å². The Morgan fingerprint density at radius 2 is 2.10 bits per heavy atom. The molecule has 1 aliphatic carbocycles. The number of hydrogen-bond donors (Lipinski definition) is 1. The number of nitrogens with one attached hydrogen (secondary N) is 1. The van der Waals surface area contributed by atoms with E-state index < -0.39 is 0 Å². The van der Waals surface area contributed by atoms with Crippen LogP contribution in [0.15, 0.2) is 39.0 Å². The second kappa shape index (κ2) is 7.11. The summed E-state index contributed by atoms with van der Waals surface area (Å²) in [5.41, 5.74) is 1.73. The lowest BCUT2D eigenvalue weighted by molar-refractivity contribution is 0.509. The molecule has 0 aliphatic heterocycles. The van der Waals surface area contributed by atoms with E-state index in [4.69, 9.17) is 4.98 Å². The van der Waals surface area contributed by atoms with Crippen molar-refractivity contribution in [2.75, 3.05) is 0 Å². The van der Waals surface area contributed by atoms with Gasteiger partial charge in [0.15, 0.2) is 5.16 Å². The number of H-pyrrole nitrogens is 1. The van der Waals surface area contributed by atoms with Gasteiger partial charge in [0.2, 0.25) is 0 Å². The van der Waals surface area contributed by atoms with Gasteiger partial charge >= 0.3 is 0 Å². The molecule has 1 N–H and O–H groups in total. The van der Waals surface area contributed by atoms with Crippen LogP contribution in [0.25, 0.3) is 21.1 Å². The Morgan fingerprint density at radius 1 is 1.28 bits per heavy atom. The largest absolute Gasteiger partial charge is 0.309 e. The van der Waals surface area contributed by atoms with Crippen LogP contribution in [0.5, 0.6) is 0 Å². The number of para-hydroxylation sites is 1. The fourth-order valence-corrected chi connectivity index (χ4v) is 6.17. The number of hydrogen-bond acceptors (Lipinski definition) is 6. The van der Waals surface area contributed by atoms with Crippen molar-refractivity contribution < 1.29 is 0 Å². The maximum Gasteiger partial charge on any atom is 0.261 e. The minimum Gasteiger partial charge on any atom is -0.309 e. The zero-order chi connectivity index (χ0) is 20.1. The highest BCUT2D eigenvalue weighted by atomic mass is 32.2. The van der Waals surface area contributed by atoms with Gasteiger partial charge in [0, 0.05) is 11.9 Å². The molecule has 0 fully saturated rings. The Balaban J connectivity index is 1.49. The molecule has 0 saturated carbocycles. The highest BCUT2D eigenvalue weighted by Gasteiger charge is 2.23. The van der Waals surface area contributed by atoms with E-state index in [0.717, 1.165) is 29.5 Å². The van der Waals surface area contributed by atoms with Gasteiger partial charge in [-0.25, -0.2) is 9.97 Å². The molecule has 4 aromatic rings. The van der Waals surface area contributed by atoms with Crippen LogP contribution in [-0.2, 0) is 25.6 Å². The number of nitrogens with zero attached hydrogens (tertiary/aromatic N) is 3. The van der Waals surface area contributed by atoms with Gasteiger partial charge in [0.1, 0.15) is 10.7 Å². The van der Waals surface area contributed by atoms with E-state index in [1.54, 1.807) is 29.0 Å². The summed E-state index contributed by atoms with van der Waals surface area (Å²) in [6.07, 6.45) is 3.11. The van der Waals surface area contributed by atoms with Crippen LogP contribution in [0.4, 0.5) is 0 Å². The van der Waals surface area contributed by atoms with Crippen LogP contribution in [0.3, 0.4) is 0 Å². The van der Waals surface area contributed by atoms with Crippen molar-refractivity contribution in [1.29, 1.82) is 0 Å². The van der Waals surface area contributed by atoms with Gasteiger partial charge < -0.3 is 4.98 Å². The molecule has 0 radical (unpaired) electrons. The number of thioether (sulfide) groups is 1. The van der Waals surface area contributed by atoms with Crippen LogP contribution in [-0.4, -0.2) is 19.5 Å². The van der Waals surface area contributed by atoms with E-state index >= 15 is 0 Å². The average Bonchev–Trinajstić information content (AvgIpc) is 3.07. The standard InChI is InChI=1S/C21H20N4O2S2/c1-11-7-8-13-15(9-11)29-19-17(13)18(26)23-16(24-19)10-28-21-22-14-6-4-3-5-12(14)20(27)25(21)2/h3-6,11H,7-10H2,1-2H3,(H,23,24,26). The molecule has 1 unspecified atom stereocenters. The van der Waals surface area contributed by atoms with Crippen molar-refractivity contribution in [3.63, 3.8) is 0 Å². The van der Waals surface area contributed by atoms with E-state index in [0.29, 0.717) is 33.6 Å². The molecule has 3 heterocycles. The van der Waals surface area contributed by atoms with Gasteiger partial charge in [0.05, 0.1) is 22.0 Å². The number of fused-ring (bicyclic) bond motifs is 4. The lowest BCUT2D eigenvalue weighted by Gasteiger charge is -2.17. The Labute approximate surface area is 175 Å². The van der Waals surface area contributed by atoms with E-state index in [9.17, 15) is 9.59 Å². The number of rotatable bonds is 3. The molecule has 0 spiro atoms. The molecule has 0 bridgehead atoms. The van der Waals surface area contributed by atoms with Gasteiger partial charge in [0.25, 0.3) is 11.1 Å². The number of aromatic amines is 1. The van der Waals surface area contributed by atoms with E-state index in [-0.39, 0.29) is 11.1 Å². The second-order valence-electron chi connectivity index (χ2n) is 7.61. The minimum atomic E-state index is -0.0740. The van der Waals surface area contributed by atoms with Gasteiger partial charge in [-0.15, -0.1) is 11.3 Å². The molecular weight excluding hydrogens is 404 g/mol. The van der Waals surface area contributed by atoms with Gasteiger partial charge in [-0.2, -0.15) is 0 Å². The van der Waals surface area contributed by atoms with Crippen molar-refractivity contribution in [1.82, 2.24) is 19.5 Å². The molecule has 1 aliphatic rings. The summed E-state index contributed by atoms with van der Waals surface area (Å²) in [5, 5.41) is 1.98. The molecule has 8 heteroatoms. The number of benzene rings is 1. The van der Waals surface area contributed by atoms with Crippen LogP contribution in [0.2, 0.25) is 0 Å². The zero-order valence-corrected chi connectivity index (χ0v) is 17.8. The lowest BCUT2D eigenvalue weighted by atomic mass is 9.89. The molecular formula is C21H20N4O2S2. The van der Waals surface area contributed by atoms with Crippen molar-refractivity contribution >= 4 is 44.2 Å². The maximum atomic E-state index is 12.8. The van der Waals surface area contributed by atoms with E-state index in [1.807, 2.05) is 18.2 Å². The van der Waals surface area contributed by atoms with E-state index in [1.165, 1.54) is 22.2 Å². The minimum absolute atomic E-state index is 0.0574. The predicted octanol–water partition coefficient (Wildman–Crippen LogP) is 3.65. The Morgan fingerprint density at radius 3 is 2.97 bits per heavy atom. The molecule has 1 atom stereocenters.